The lowest BCUT2D eigenvalue weighted by atomic mass is 10.0. The van der Waals surface area contributed by atoms with Gasteiger partial charge in [0.05, 0.1) is 12.6 Å². The van der Waals surface area contributed by atoms with E-state index in [1.54, 1.807) is 6.26 Å². The summed E-state index contributed by atoms with van der Waals surface area (Å²) in [4.78, 5) is 15.2. The zero-order chi connectivity index (χ0) is 16.5. The van der Waals surface area contributed by atoms with Crippen LogP contribution < -0.4 is 11.1 Å². The molecule has 0 aromatic carbocycles. The summed E-state index contributed by atoms with van der Waals surface area (Å²) in [5.41, 5.74) is 5.16. The highest BCUT2D eigenvalue weighted by atomic mass is 32.2. The molecule has 0 radical (unpaired) electrons. The molecule has 122 valence electrons. The molecular formula is C12H20F3N3O2S. The van der Waals surface area contributed by atoms with Gasteiger partial charge in [-0.25, -0.2) is 0 Å². The Morgan fingerprint density at radius 1 is 1.57 bits per heavy atom. The number of amides is 1. The van der Waals surface area contributed by atoms with E-state index in [4.69, 9.17) is 5.73 Å². The first kappa shape index (κ1) is 19.9. The van der Waals surface area contributed by atoms with E-state index in [0.717, 1.165) is 11.8 Å². The molecule has 1 amide bonds. The summed E-state index contributed by atoms with van der Waals surface area (Å²) in [5, 5.41) is 12.8. The van der Waals surface area contributed by atoms with Crippen molar-refractivity contribution in [3.05, 3.63) is 12.8 Å². The minimum atomic E-state index is -4.27. The maximum absolute atomic E-state index is 12.2. The quantitative estimate of drug-likeness (QED) is 0.465. The van der Waals surface area contributed by atoms with Crippen molar-refractivity contribution in [2.75, 3.05) is 12.8 Å². The van der Waals surface area contributed by atoms with Crippen molar-refractivity contribution in [2.24, 2.45) is 10.7 Å². The fourth-order valence-electron chi connectivity index (χ4n) is 1.61. The van der Waals surface area contributed by atoms with Crippen molar-refractivity contribution in [1.29, 1.82) is 0 Å². The molecule has 21 heavy (non-hydrogen) atoms. The number of hydrogen-bond acceptors (Lipinski definition) is 5. The van der Waals surface area contributed by atoms with Gasteiger partial charge in [0.15, 0.2) is 0 Å². The van der Waals surface area contributed by atoms with Gasteiger partial charge in [-0.15, -0.1) is 11.8 Å². The van der Waals surface area contributed by atoms with Gasteiger partial charge in [-0.05, 0) is 19.1 Å². The van der Waals surface area contributed by atoms with Gasteiger partial charge in [0.1, 0.15) is 11.1 Å². The molecule has 0 aliphatic rings. The molecule has 4 N–H and O–H groups in total. The van der Waals surface area contributed by atoms with Gasteiger partial charge in [-0.1, -0.05) is 6.58 Å². The third kappa shape index (κ3) is 8.74. The number of aliphatic hydroxyl groups is 1. The second-order valence-corrected chi connectivity index (χ2v) is 5.01. The minimum absolute atomic E-state index is 0.0386. The number of halogens is 3. The van der Waals surface area contributed by atoms with Gasteiger partial charge in [0.2, 0.25) is 5.91 Å². The van der Waals surface area contributed by atoms with Crippen LogP contribution in [0.5, 0.6) is 0 Å². The Morgan fingerprint density at radius 2 is 2.19 bits per heavy atom. The lowest BCUT2D eigenvalue weighted by Crippen LogP contribution is -2.48. The van der Waals surface area contributed by atoms with Crippen LogP contribution in [0.1, 0.15) is 19.3 Å². The first-order chi connectivity index (χ1) is 9.75. The minimum Gasteiger partial charge on any atom is -0.384 e. The second kappa shape index (κ2) is 9.80. The normalized spacial score (nSPS) is 15.4. The van der Waals surface area contributed by atoms with Gasteiger partial charge < -0.3 is 16.2 Å². The molecule has 9 heteroatoms. The number of rotatable bonds is 8. The number of hydrogen-bond donors (Lipinski definition) is 3. The molecule has 0 rings (SSSR count). The number of nitrogens with one attached hydrogen (secondary N) is 1. The van der Waals surface area contributed by atoms with Crippen LogP contribution in [0.2, 0.25) is 0 Å². The predicted octanol–water partition coefficient (Wildman–Crippen LogP) is 1.43. The third-order valence-corrected chi connectivity index (χ3v) is 3.33. The topological polar surface area (TPSA) is 87.7 Å². The Morgan fingerprint density at radius 3 is 2.62 bits per heavy atom. The largest absolute Gasteiger partial charge is 0.389 e. The van der Waals surface area contributed by atoms with Crippen LogP contribution in [0.25, 0.3) is 0 Å². The van der Waals surface area contributed by atoms with Crippen LogP contribution in [0, 0.1) is 0 Å². The van der Waals surface area contributed by atoms with E-state index in [9.17, 15) is 23.1 Å². The highest BCUT2D eigenvalue weighted by molar-refractivity contribution is 8.13. The molecule has 0 heterocycles. The molecular weight excluding hydrogens is 307 g/mol. The van der Waals surface area contributed by atoms with E-state index in [1.165, 1.54) is 6.20 Å². The van der Waals surface area contributed by atoms with E-state index in [1.807, 2.05) is 0 Å². The lowest BCUT2D eigenvalue weighted by Gasteiger charge is -2.24. The molecule has 0 spiro atoms. The Hall–Kier alpha value is -1.06. The Labute approximate surface area is 125 Å². The van der Waals surface area contributed by atoms with Crippen LogP contribution in [0.4, 0.5) is 13.2 Å². The van der Waals surface area contributed by atoms with E-state index in [-0.39, 0.29) is 24.4 Å². The molecule has 0 aliphatic heterocycles. The molecule has 2 unspecified atom stereocenters. The molecule has 0 fully saturated rings. The van der Waals surface area contributed by atoms with Crippen LogP contribution in [0.15, 0.2) is 17.8 Å². The maximum Gasteiger partial charge on any atom is 0.389 e. The van der Waals surface area contributed by atoms with Crippen LogP contribution in [-0.4, -0.2) is 47.2 Å². The summed E-state index contributed by atoms with van der Waals surface area (Å²) >= 11 is 1.13. The first-order valence-corrected chi connectivity index (χ1v) is 7.44. The molecule has 5 nitrogen and oxygen atoms in total. The van der Waals surface area contributed by atoms with Gasteiger partial charge in [-0.3, -0.25) is 9.79 Å². The van der Waals surface area contributed by atoms with Gasteiger partial charge in [0, 0.05) is 12.6 Å². The van der Waals surface area contributed by atoms with E-state index < -0.39 is 30.7 Å². The van der Waals surface area contributed by atoms with Gasteiger partial charge in [-0.2, -0.15) is 13.2 Å². The summed E-state index contributed by atoms with van der Waals surface area (Å²) in [5.74, 6) is -0.551. The number of aliphatic hydroxyl groups excluding tert-OH is 1. The average Bonchev–Trinajstić information content (AvgIpc) is 2.41. The van der Waals surface area contributed by atoms with Gasteiger partial charge in [0.25, 0.3) is 0 Å². The Kier molecular flexibility index (Phi) is 9.31. The zero-order valence-electron chi connectivity index (χ0n) is 11.7. The SMILES string of the molecule is C=CN=C(SC)C(O)C(CCCC(F)(F)F)NC(=O)CN. The Balaban J connectivity index is 4.82. The van der Waals surface area contributed by atoms with Gasteiger partial charge >= 0.3 is 6.18 Å². The van der Waals surface area contributed by atoms with Crippen molar-refractivity contribution < 1.29 is 23.1 Å². The monoisotopic (exact) mass is 327 g/mol. The summed E-state index contributed by atoms with van der Waals surface area (Å²) in [7, 11) is 0. The smallest absolute Gasteiger partial charge is 0.384 e. The zero-order valence-corrected chi connectivity index (χ0v) is 12.5. The summed E-state index contributed by atoms with van der Waals surface area (Å²) < 4.78 is 36.5. The lowest BCUT2D eigenvalue weighted by molar-refractivity contribution is -0.136. The molecule has 0 saturated heterocycles. The molecule has 0 aromatic rings. The average molecular weight is 327 g/mol. The predicted molar refractivity (Wildman–Crippen MR) is 78.0 cm³/mol. The fraction of sp³-hybridized carbons (Fsp3) is 0.667. The van der Waals surface area contributed by atoms with Crippen LogP contribution in [-0.2, 0) is 4.79 Å². The number of alkyl halides is 3. The highest BCUT2D eigenvalue weighted by Crippen LogP contribution is 2.23. The second-order valence-electron chi connectivity index (χ2n) is 4.18. The summed E-state index contributed by atoms with van der Waals surface area (Å²) in [6.07, 6.45) is -3.85. The molecule has 0 aliphatic carbocycles. The van der Waals surface area contributed by atoms with Crippen molar-refractivity contribution in [2.45, 2.75) is 37.6 Å². The molecule has 0 bridgehead atoms. The standard InChI is InChI=1S/C12H20F3N3O2S/c1-3-17-11(21-2)10(20)8(18-9(19)7-16)5-4-6-12(13,14)15/h3,8,10,20H,1,4-7,16H2,2H3,(H,18,19). The van der Waals surface area contributed by atoms with Crippen LogP contribution >= 0.6 is 11.8 Å². The van der Waals surface area contributed by atoms with E-state index in [0.29, 0.717) is 0 Å². The number of aliphatic imine (C=N–C) groups is 1. The number of nitrogens with two attached hydrogens (primary N) is 1. The third-order valence-electron chi connectivity index (χ3n) is 2.57. The number of thioether (sulfide) groups is 1. The molecule has 2 atom stereocenters. The van der Waals surface area contributed by atoms with E-state index >= 15 is 0 Å². The fourth-order valence-corrected chi connectivity index (χ4v) is 2.19. The number of nitrogens with zero attached hydrogens (tertiary/aromatic N) is 1. The van der Waals surface area contributed by atoms with Crippen molar-refractivity contribution >= 4 is 22.7 Å². The number of carbonyl (C=O) groups is 1. The van der Waals surface area contributed by atoms with Crippen molar-refractivity contribution in [3.63, 3.8) is 0 Å². The molecule has 0 aromatic heterocycles. The number of carbonyl (C=O) groups excluding carboxylic acids is 1. The molecule has 0 saturated carbocycles. The summed E-state index contributed by atoms with van der Waals surface area (Å²) in [6.45, 7) is 3.08. The maximum atomic E-state index is 12.2. The first-order valence-electron chi connectivity index (χ1n) is 6.22. The highest BCUT2D eigenvalue weighted by Gasteiger charge is 2.29. The Bertz CT molecular complexity index is 375. The van der Waals surface area contributed by atoms with E-state index in [2.05, 4.69) is 16.9 Å². The summed E-state index contributed by atoms with van der Waals surface area (Å²) in [6, 6.07) is -0.880. The van der Waals surface area contributed by atoms with Crippen molar-refractivity contribution in [3.8, 4) is 0 Å². The van der Waals surface area contributed by atoms with Crippen LogP contribution in [0.3, 0.4) is 0 Å². The van der Waals surface area contributed by atoms with Crippen molar-refractivity contribution in [1.82, 2.24) is 5.32 Å².